The van der Waals surface area contributed by atoms with Crippen LogP contribution in [0, 0.1) is 20.8 Å². The first-order valence-corrected chi connectivity index (χ1v) is 6.02. The smallest absolute Gasteiger partial charge is 0.255 e. The monoisotopic (exact) mass is 239 g/mol. The van der Waals surface area contributed by atoms with Crippen LogP contribution in [-0.2, 0) is 0 Å². The van der Waals surface area contributed by atoms with Crippen LogP contribution in [0.15, 0.2) is 42.5 Å². The largest absolute Gasteiger partial charge is 0.322 e. The third kappa shape index (κ3) is 2.59. The second-order valence-electron chi connectivity index (χ2n) is 4.57. The predicted octanol–water partition coefficient (Wildman–Crippen LogP) is 3.86. The fraction of sp³-hybridized carbons (Fsp3) is 0.188. The zero-order valence-electron chi connectivity index (χ0n) is 10.9. The van der Waals surface area contributed by atoms with Crippen LogP contribution in [0.25, 0.3) is 0 Å². The first kappa shape index (κ1) is 12.4. The van der Waals surface area contributed by atoms with E-state index in [4.69, 9.17) is 0 Å². The van der Waals surface area contributed by atoms with Gasteiger partial charge in [0, 0.05) is 11.3 Å². The highest BCUT2D eigenvalue weighted by molar-refractivity contribution is 6.05. The summed E-state index contributed by atoms with van der Waals surface area (Å²) in [6.45, 7) is 6.04. The van der Waals surface area contributed by atoms with E-state index in [9.17, 15) is 4.79 Å². The summed E-state index contributed by atoms with van der Waals surface area (Å²) < 4.78 is 0. The van der Waals surface area contributed by atoms with E-state index in [1.165, 1.54) is 11.1 Å². The third-order valence-corrected chi connectivity index (χ3v) is 3.15. The van der Waals surface area contributed by atoms with Gasteiger partial charge in [-0.05, 0) is 55.7 Å². The van der Waals surface area contributed by atoms with E-state index in [-0.39, 0.29) is 5.91 Å². The number of carbonyl (C=O) groups excluding carboxylic acids is 1. The molecule has 0 radical (unpaired) electrons. The van der Waals surface area contributed by atoms with Crippen LogP contribution in [0.2, 0.25) is 0 Å². The number of amides is 1. The Morgan fingerprint density at radius 3 is 2.28 bits per heavy atom. The Bertz CT molecular complexity index is 587. The molecule has 0 bridgehead atoms. The number of nitrogens with one attached hydrogen (secondary N) is 1. The van der Waals surface area contributed by atoms with E-state index in [1.54, 1.807) is 0 Å². The van der Waals surface area contributed by atoms with Crippen LogP contribution in [-0.4, -0.2) is 5.91 Å². The van der Waals surface area contributed by atoms with E-state index in [1.807, 2.05) is 56.3 Å². The summed E-state index contributed by atoms with van der Waals surface area (Å²) in [6, 6.07) is 13.5. The molecular weight excluding hydrogens is 222 g/mol. The molecule has 0 aromatic heterocycles. The molecule has 0 heterocycles. The van der Waals surface area contributed by atoms with Gasteiger partial charge in [0.05, 0.1) is 0 Å². The Morgan fingerprint density at radius 1 is 0.889 bits per heavy atom. The Kier molecular flexibility index (Phi) is 3.47. The highest BCUT2D eigenvalue weighted by Crippen LogP contribution is 2.16. The molecule has 0 atom stereocenters. The quantitative estimate of drug-likeness (QED) is 0.847. The lowest BCUT2D eigenvalue weighted by molar-refractivity contribution is 0.102. The van der Waals surface area contributed by atoms with Crippen LogP contribution in [0.1, 0.15) is 27.0 Å². The number of carbonyl (C=O) groups is 1. The molecule has 2 aromatic rings. The van der Waals surface area contributed by atoms with E-state index >= 15 is 0 Å². The summed E-state index contributed by atoms with van der Waals surface area (Å²) in [4.78, 5) is 12.1. The average Bonchev–Trinajstić information content (AvgIpc) is 2.34. The molecule has 0 unspecified atom stereocenters. The minimum absolute atomic E-state index is 0.0589. The van der Waals surface area contributed by atoms with Crippen molar-refractivity contribution in [1.82, 2.24) is 0 Å². The van der Waals surface area contributed by atoms with Gasteiger partial charge in [0.15, 0.2) is 0 Å². The standard InChI is InChI=1S/C16H17NO/c1-11-8-9-14(10-13(11)3)17-16(18)15-7-5-4-6-12(15)2/h4-10H,1-3H3,(H,17,18). The van der Waals surface area contributed by atoms with Gasteiger partial charge in [0.2, 0.25) is 0 Å². The van der Waals surface area contributed by atoms with Crippen LogP contribution in [0.4, 0.5) is 5.69 Å². The maximum absolute atomic E-state index is 12.1. The van der Waals surface area contributed by atoms with Crippen molar-refractivity contribution in [3.8, 4) is 0 Å². The maximum atomic E-state index is 12.1. The molecule has 2 rings (SSSR count). The SMILES string of the molecule is Cc1ccc(NC(=O)c2ccccc2C)cc1C. The van der Waals surface area contributed by atoms with Crippen LogP contribution in [0.3, 0.4) is 0 Å². The average molecular weight is 239 g/mol. The molecule has 0 saturated carbocycles. The first-order chi connectivity index (χ1) is 8.58. The van der Waals surface area contributed by atoms with Crippen LogP contribution in [0.5, 0.6) is 0 Å². The molecule has 1 amide bonds. The maximum Gasteiger partial charge on any atom is 0.255 e. The molecule has 0 saturated heterocycles. The normalized spacial score (nSPS) is 10.2. The molecule has 18 heavy (non-hydrogen) atoms. The molecule has 2 aromatic carbocycles. The molecule has 0 fully saturated rings. The van der Waals surface area contributed by atoms with E-state index in [0.29, 0.717) is 0 Å². The van der Waals surface area contributed by atoms with Gasteiger partial charge in [-0.15, -0.1) is 0 Å². The van der Waals surface area contributed by atoms with Gasteiger partial charge in [-0.25, -0.2) is 0 Å². The predicted molar refractivity (Wildman–Crippen MR) is 75.0 cm³/mol. The molecule has 2 heteroatoms. The summed E-state index contributed by atoms with van der Waals surface area (Å²) in [5.41, 5.74) is 4.95. The molecular formula is C16H17NO. The molecule has 0 spiro atoms. The van der Waals surface area contributed by atoms with E-state index in [0.717, 1.165) is 16.8 Å². The van der Waals surface area contributed by atoms with Crippen molar-refractivity contribution in [3.05, 3.63) is 64.7 Å². The zero-order valence-corrected chi connectivity index (χ0v) is 10.9. The Balaban J connectivity index is 2.22. The molecule has 0 aliphatic carbocycles. The lowest BCUT2D eigenvalue weighted by Crippen LogP contribution is -2.13. The highest BCUT2D eigenvalue weighted by Gasteiger charge is 2.08. The fourth-order valence-corrected chi connectivity index (χ4v) is 1.85. The van der Waals surface area contributed by atoms with Crippen LogP contribution >= 0.6 is 0 Å². The molecule has 1 N–H and O–H groups in total. The molecule has 0 aliphatic rings. The third-order valence-electron chi connectivity index (χ3n) is 3.15. The minimum Gasteiger partial charge on any atom is -0.322 e. The number of aryl methyl sites for hydroxylation is 3. The molecule has 92 valence electrons. The summed E-state index contributed by atoms with van der Waals surface area (Å²) >= 11 is 0. The highest BCUT2D eigenvalue weighted by atomic mass is 16.1. The summed E-state index contributed by atoms with van der Waals surface area (Å²) in [7, 11) is 0. The van der Waals surface area contributed by atoms with Gasteiger partial charge in [0.1, 0.15) is 0 Å². The number of hydrogen-bond donors (Lipinski definition) is 1. The van der Waals surface area contributed by atoms with Crippen molar-refractivity contribution >= 4 is 11.6 Å². The van der Waals surface area contributed by atoms with Crippen LogP contribution < -0.4 is 5.32 Å². The second-order valence-corrected chi connectivity index (χ2v) is 4.57. The fourth-order valence-electron chi connectivity index (χ4n) is 1.85. The van der Waals surface area contributed by atoms with E-state index in [2.05, 4.69) is 12.2 Å². The lowest BCUT2D eigenvalue weighted by atomic mass is 10.1. The Morgan fingerprint density at radius 2 is 1.61 bits per heavy atom. The Labute approximate surface area is 108 Å². The van der Waals surface area contributed by atoms with Crippen molar-refractivity contribution in [2.45, 2.75) is 20.8 Å². The number of hydrogen-bond acceptors (Lipinski definition) is 1. The van der Waals surface area contributed by atoms with Crippen molar-refractivity contribution in [3.63, 3.8) is 0 Å². The lowest BCUT2D eigenvalue weighted by Gasteiger charge is -2.09. The van der Waals surface area contributed by atoms with Gasteiger partial charge in [-0.1, -0.05) is 24.3 Å². The van der Waals surface area contributed by atoms with E-state index < -0.39 is 0 Å². The molecule has 2 nitrogen and oxygen atoms in total. The number of rotatable bonds is 2. The first-order valence-electron chi connectivity index (χ1n) is 6.02. The zero-order chi connectivity index (χ0) is 13.1. The van der Waals surface area contributed by atoms with Gasteiger partial charge in [-0.2, -0.15) is 0 Å². The second kappa shape index (κ2) is 5.05. The number of benzene rings is 2. The van der Waals surface area contributed by atoms with Gasteiger partial charge < -0.3 is 5.32 Å². The minimum atomic E-state index is -0.0589. The van der Waals surface area contributed by atoms with Crippen molar-refractivity contribution in [2.75, 3.05) is 5.32 Å². The van der Waals surface area contributed by atoms with Crippen molar-refractivity contribution in [1.29, 1.82) is 0 Å². The van der Waals surface area contributed by atoms with Crippen molar-refractivity contribution < 1.29 is 4.79 Å². The topological polar surface area (TPSA) is 29.1 Å². The van der Waals surface area contributed by atoms with Gasteiger partial charge in [0.25, 0.3) is 5.91 Å². The van der Waals surface area contributed by atoms with Gasteiger partial charge >= 0.3 is 0 Å². The number of anilines is 1. The summed E-state index contributed by atoms with van der Waals surface area (Å²) in [6.07, 6.45) is 0. The molecule has 0 aliphatic heterocycles. The summed E-state index contributed by atoms with van der Waals surface area (Å²) in [5, 5.41) is 2.93. The Hall–Kier alpha value is -2.09. The van der Waals surface area contributed by atoms with Crippen molar-refractivity contribution in [2.24, 2.45) is 0 Å². The summed E-state index contributed by atoms with van der Waals surface area (Å²) in [5.74, 6) is -0.0589. The van der Waals surface area contributed by atoms with Gasteiger partial charge in [-0.3, -0.25) is 4.79 Å².